The van der Waals surface area contributed by atoms with Crippen molar-refractivity contribution < 1.29 is 0 Å². The normalized spacial score (nSPS) is 17.4. The maximum atomic E-state index is 5.57. The Bertz CT molecular complexity index is 2600. The van der Waals surface area contributed by atoms with Gasteiger partial charge in [-0.05, 0) is 89.9 Å². The molecule has 1 atom stereocenters. The number of para-hydroxylation sites is 3. The summed E-state index contributed by atoms with van der Waals surface area (Å²) in [5.41, 5.74) is 15.2. The van der Waals surface area contributed by atoms with Gasteiger partial charge in [-0.25, -0.2) is 0 Å². The Hall–Kier alpha value is -5.93. The number of nitrogens with zero attached hydrogens (tertiary/aromatic N) is 3. The first kappa shape index (κ1) is 29.0. The number of aromatic nitrogens is 2. The fraction of sp³-hybridized carbons (Fsp3) is 0.128. The second-order valence-corrected chi connectivity index (χ2v) is 13.6. The molecular weight excluding hydrogens is 607 g/mol. The van der Waals surface area contributed by atoms with E-state index in [1.165, 1.54) is 77.5 Å². The second-order valence-electron chi connectivity index (χ2n) is 13.6. The Kier molecular flexibility index (Phi) is 6.90. The van der Waals surface area contributed by atoms with Crippen LogP contribution in [0, 0.1) is 0 Å². The highest BCUT2D eigenvalue weighted by Crippen LogP contribution is 2.46. The molecule has 50 heavy (non-hydrogen) atoms. The second kappa shape index (κ2) is 11.9. The SMILES string of the molecule is C1=CC(C2=NC(n3c4c(c5ccccc53)C(c3cccc5c3c3ccccc3n5-c3ccccc3)=CCC4)CC(c3ccccc3)=C2)=CCC1. The Morgan fingerprint density at radius 2 is 1.36 bits per heavy atom. The first-order valence-corrected chi connectivity index (χ1v) is 17.9. The Labute approximate surface area is 292 Å². The van der Waals surface area contributed by atoms with Gasteiger partial charge in [0.2, 0.25) is 0 Å². The van der Waals surface area contributed by atoms with Gasteiger partial charge in [0.05, 0.1) is 22.3 Å². The van der Waals surface area contributed by atoms with Gasteiger partial charge >= 0.3 is 0 Å². The Morgan fingerprint density at radius 3 is 2.18 bits per heavy atom. The minimum Gasteiger partial charge on any atom is -0.321 e. The summed E-state index contributed by atoms with van der Waals surface area (Å²) in [6.45, 7) is 0. The topological polar surface area (TPSA) is 22.2 Å². The van der Waals surface area contributed by atoms with Crippen molar-refractivity contribution in [3.8, 4) is 5.69 Å². The van der Waals surface area contributed by atoms with Crippen LogP contribution in [-0.4, -0.2) is 14.8 Å². The monoisotopic (exact) mass is 643 g/mol. The van der Waals surface area contributed by atoms with E-state index in [2.05, 4.69) is 167 Å². The lowest BCUT2D eigenvalue weighted by Crippen LogP contribution is -2.18. The highest BCUT2D eigenvalue weighted by molar-refractivity contribution is 6.17. The lowest BCUT2D eigenvalue weighted by molar-refractivity contribution is 0.530. The maximum absolute atomic E-state index is 5.57. The zero-order chi connectivity index (χ0) is 33.0. The van der Waals surface area contributed by atoms with Gasteiger partial charge in [-0.2, -0.15) is 0 Å². The predicted octanol–water partition coefficient (Wildman–Crippen LogP) is 11.8. The van der Waals surface area contributed by atoms with Gasteiger partial charge in [0.15, 0.2) is 0 Å². The quantitative estimate of drug-likeness (QED) is 0.178. The number of rotatable bonds is 5. The van der Waals surface area contributed by atoms with Crippen molar-refractivity contribution >= 4 is 49.6 Å². The summed E-state index contributed by atoms with van der Waals surface area (Å²) in [5, 5.41) is 3.90. The zero-order valence-corrected chi connectivity index (χ0v) is 28.0. The molecule has 0 bridgehead atoms. The standard InChI is InChI=1S/C47H37N3/c1-4-16-32(17-5-1)34-30-40(33-18-6-2-7-19-33)48-45(31-34)50-42-27-13-11-23-39(42)47-37(25-15-29-44(47)50)36-24-14-28-43-46(36)38-22-10-12-26-41(38)49(43)35-20-8-3-9-21-35/h1,3-6,8-14,16-28,30,45H,2,7,15,29,31H2. The van der Waals surface area contributed by atoms with Crippen LogP contribution in [-0.2, 0) is 6.42 Å². The van der Waals surface area contributed by atoms with Gasteiger partial charge in [0.1, 0.15) is 6.17 Å². The lowest BCUT2D eigenvalue weighted by Gasteiger charge is -2.27. The van der Waals surface area contributed by atoms with Crippen LogP contribution >= 0.6 is 0 Å². The Morgan fingerprint density at radius 1 is 0.620 bits per heavy atom. The van der Waals surface area contributed by atoms with Gasteiger partial charge in [-0.1, -0.05) is 121 Å². The summed E-state index contributed by atoms with van der Waals surface area (Å²) < 4.78 is 5.01. The zero-order valence-electron chi connectivity index (χ0n) is 28.0. The maximum Gasteiger partial charge on any atom is 0.130 e. The van der Waals surface area contributed by atoms with Gasteiger partial charge in [0.25, 0.3) is 0 Å². The third-order valence-corrected chi connectivity index (χ3v) is 10.7. The first-order valence-electron chi connectivity index (χ1n) is 17.9. The molecule has 0 radical (unpaired) electrons. The fourth-order valence-corrected chi connectivity index (χ4v) is 8.63. The van der Waals surface area contributed by atoms with Crippen LogP contribution < -0.4 is 0 Å². The van der Waals surface area contributed by atoms with Crippen molar-refractivity contribution in [2.24, 2.45) is 4.99 Å². The summed E-state index contributed by atoms with van der Waals surface area (Å²) >= 11 is 0. The number of benzene rings is 5. The molecule has 3 heteroatoms. The molecule has 0 saturated heterocycles. The minimum absolute atomic E-state index is 0.0368. The molecule has 1 aliphatic heterocycles. The van der Waals surface area contributed by atoms with Crippen LogP contribution in [0.15, 0.2) is 168 Å². The van der Waals surface area contributed by atoms with E-state index in [0.29, 0.717) is 0 Å². The van der Waals surface area contributed by atoms with Crippen molar-refractivity contribution in [1.82, 2.24) is 9.13 Å². The molecule has 0 fully saturated rings. The summed E-state index contributed by atoms with van der Waals surface area (Å²) in [6.07, 6.45) is 16.7. The van der Waals surface area contributed by atoms with Gasteiger partial charge in [-0.3, -0.25) is 4.99 Å². The largest absolute Gasteiger partial charge is 0.321 e. The molecule has 5 aromatic carbocycles. The number of dihydropyridines is 1. The molecular formula is C47H37N3. The van der Waals surface area contributed by atoms with Crippen molar-refractivity contribution in [3.63, 3.8) is 0 Å². The minimum atomic E-state index is -0.0368. The molecule has 0 spiro atoms. The third kappa shape index (κ3) is 4.61. The van der Waals surface area contributed by atoms with Gasteiger partial charge in [0, 0.05) is 39.5 Å². The molecule has 0 amide bonds. The molecule has 7 aromatic rings. The van der Waals surface area contributed by atoms with Gasteiger partial charge in [-0.15, -0.1) is 0 Å². The summed E-state index contributed by atoms with van der Waals surface area (Å²) in [5.74, 6) is 0. The van der Waals surface area contributed by atoms with Crippen LogP contribution in [0.4, 0.5) is 0 Å². The number of aliphatic imine (C=N–C) groups is 1. The van der Waals surface area contributed by atoms with E-state index in [9.17, 15) is 0 Å². The predicted molar refractivity (Wildman–Crippen MR) is 210 cm³/mol. The molecule has 3 heterocycles. The van der Waals surface area contributed by atoms with Crippen LogP contribution in [0.5, 0.6) is 0 Å². The van der Waals surface area contributed by atoms with Crippen LogP contribution in [0.3, 0.4) is 0 Å². The number of hydrogen-bond donors (Lipinski definition) is 0. The molecule has 240 valence electrons. The van der Waals surface area contributed by atoms with E-state index in [1.54, 1.807) is 0 Å². The molecule has 1 unspecified atom stereocenters. The molecule has 2 aromatic heterocycles. The highest BCUT2D eigenvalue weighted by atomic mass is 15.1. The van der Waals surface area contributed by atoms with E-state index in [4.69, 9.17) is 4.99 Å². The van der Waals surface area contributed by atoms with E-state index >= 15 is 0 Å². The van der Waals surface area contributed by atoms with Crippen molar-refractivity contribution in [2.45, 2.75) is 38.3 Å². The van der Waals surface area contributed by atoms with Crippen LogP contribution in [0.1, 0.15) is 54.2 Å². The molecule has 0 saturated carbocycles. The highest BCUT2D eigenvalue weighted by Gasteiger charge is 2.30. The molecule has 3 nitrogen and oxygen atoms in total. The van der Waals surface area contributed by atoms with E-state index in [-0.39, 0.29) is 6.17 Å². The van der Waals surface area contributed by atoms with E-state index < -0.39 is 0 Å². The fourth-order valence-electron chi connectivity index (χ4n) is 8.63. The van der Waals surface area contributed by atoms with Crippen molar-refractivity contribution in [2.75, 3.05) is 0 Å². The lowest BCUT2D eigenvalue weighted by atomic mass is 9.87. The van der Waals surface area contributed by atoms with Crippen molar-refractivity contribution in [3.05, 3.63) is 186 Å². The number of allylic oxidation sites excluding steroid dienone is 6. The van der Waals surface area contributed by atoms with Crippen LogP contribution in [0.2, 0.25) is 0 Å². The molecule has 0 N–H and O–H groups in total. The average Bonchev–Trinajstić information content (AvgIpc) is 3.72. The molecule has 2 aliphatic carbocycles. The third-order valence-electron chi connectivity index (χ3n) is 10.7. The Balaban J connectivity index is 1.19. The average molecular weight is 644 g/mol. The summed E-state index contributed by atoms with van der Waals surface area (Å²) in [4.78, 5) is 5.57. The summed E-state index contributed by atoms with van der Waals surface area (Å²) in [6, 6.07) is 46.4. The van der Waals surface area contributed by atoms with E-state index in [0.717, 1.165) is 37.8 Å². The van der Waals surface area contributed by atoms with Gasteiger partial charge < -0.3 is 9.13 Å². The van der Waals surface area contributed by atoms with E-state index in [1.807, 2.05) is 0 Å². The number of hydrogen-bond acceptors (Lipinski definition) is 1. The summed E-state index contributed by atoms with van der Waals surface area (Å²) in [7, 11) is 0. The smallest absolute Gasteiger partial charge is 0.130 e. The number of fused-ring (bicyclic) bond motifs is 6. The first-order chi connectivity index (χ1) is 24.8. The van der Waals surface area contributed by atoms with Crippen LogP contribution in [0.25, 0.3) is 49.5 Å². The molecule has 3 aliphatic rings. The molecule has 10 rings (SSSR count). The van der Waals surface area contributed by atoms with Crippen molar-refractivity contribution in [1.29, 1.82) is 0 Å².